The van der Waals surface area contributed by atoms with Gasteiger partial charge < -0.3 is 14.6 Å². The van der Waals surface area contributed by atoms with E-state index in [0.717, 1.165) is 43.8 Å². The van der Waals surface area contributed by atoms with Crippen LogP contribution in [-0.4, -0.2) is 37.5 Å². The number of aryl methyl sites for hydroxylation is 2. The lowest BCUT2D eigenvalue weighted by atomic mass is 9.98. The van der Waals surface area contributed by atoms with E-state index in [9.17, 15) is 4.79 Å². The van der Waals surface area contributed by atoms with Crippen molar-refractivity contribution in [1.82, 2.24) is 10.2 Å². The van der Waals surface area contributed by atoms with Crippen molar-refractivity contribution in [3.63, 3.8) is 0 Å². The molecular weight excluding hydrogens is 240 g/mol. The number of piperidine rings is 1. The zero-order chi connectivity index (χ0) is 13.8. The Kier molecular flexibility index (Phi) is 4.64. The molecule has 1 aromatic rings. The molecule has 1 fully saturated rings. The highest BCUT2D eigenvalue weighted by Crippen LogP contribution is 2.21. The Hall–Kier alpha value is -1.29. The minimum Gasteiger partial charge on any atom is -0.456 e. The fourth-order valence-corrected chi connectivity index (χ4v) is 2.84. The molecule has 1 saturated heterocycles. The maximum absolute atomic E-state index is 12.4. The van der Waals surface area contributed by atoms with Gasteiger partial charge in [0.1, 0.15) is 5.76 Å². The normalized spacial score (nSPS) is 19.7. The van der Waals surface area contributed by atoms with E-state index in [2.05, 4.69) is 5.32 Å². The van der Waals surface area contributed by atoms with Crippen LogP contribution in [0.25, 0.3) is 0 Å². The molecule has 1 aromatic heterocycles. The number of hydrogen-bond acceptors (Lipinski definition) is 3. The van der Waals surface area contributed by atoms with Crippen LogP contribution in [0.2, 0.25) is 0 Å². The van der Waals surface area contributed by atoms with Crippen LogP contribution in [-0.2, 0) is 6.42 Å². The number of carbonyl (C=O) groups is 1. The Morgan fingerprint density at radius 1 is 1.58 bits per heavy atom. The van der Waals surface area contributed by atoms with E-state index in [4.69, 9.17) is 4.42 Å². The molecule has 0 spiro atoms. The van der Waals surface area contributed by atoms with Crippen molar-refractivity contribution in [2.24, 2.45) is 5.92 Å². The second-order valence-electron chi connectivity index (χ2n) is 5.39. The van der Waals surface area contributed by atoms with Gasteiger partial charge in [-0.05, 0) is 50.9 Å². The van der Waals surface area contributed by atoms with E-state index in [1.165, 1.54) is 6.42 Å². The van der Waals surface area contributed by atoms with Gasteiger partial charge >= 0.3 is 0 Å². The number of carbonyl (C=O) groups excluding carboxylic acids is 1. The molecular formula is C15H24N2O2. The van der Waals surface area contributed by atoms with Crippen molar-refractivity contribution in [2.75, 3.05) is 26.7 Å². The van der Waals surface area contributed by atoms with Gasteiger partial charge in [0.25, 0.3) is 5.91 Å². The predicted molar refractivity (Wildman–Crippen MR) is 75.4 cm³/mol. The van der Waals surface area contributed by atoms with E-state index < -0.39 is 0 Å². The maximum Gasteiger partial charge on any atom is 0.289 e. The minimum absolute atomic E-state index is 0.0450. The van der Waals surface area contributed by atoms with Gasteiger partial charge in [-0.1, -0.05) is 6.92 Å². The summed E-state index contributed by atoms with van der Waals surface area (Å²) < 4.78 is 5.67. The number of likely N-dealkylation sites (tertiary alicyclic amines) is 1. The number of rotatable bonds is 4. The summed E-state index contributed by atoms with van der Waals surface area (Å²) in [5, 5.41) is 3.20. The van der Waals surface area contributed by atoms with E-state index in [1.807, 2.05) is 31.9 Å². The third kappa shape index (κ3) is 3.18. The zero-order valence-corrected chi connectivity index (χ0v) is 12.2. The smallest absolute Gasteiger partial charge is 0.289 e. The van der Waals surface area contributed by atoms with Crippen molar-refractivity contribution in [2.45, 2.75) is 33.1 Å². The summed E-state index contributed by atoms with van der Waals surface area (Å²) in [5.41, 5.74) is 1.08. The fourth-order valence-electron chi connectivity index (χ4n) is 2.84. The molecule has 1 N–H and O–H groups in total. The molecule has 19 heavy (non-hydrogen) atoms. The molecule has 0 bridgehead atoms. The van der Waals surface area contributed by atoms with Gasteiger partial charge in [0.05, 0.1) is 0 Å². The van der Waals surface area contributed by atoms with Crippen LogP contribution in [0, 0.1) is 12.8 Å². The SMILES string of the molecule is CCc1oc(C(=O)N2CCC[C@@H](CNC)C2)cc1C. The lowest BCUT2D eigenvalue weighted by Crippen LogP contribution is -2.42. The Morgan fingerprint density at radius 2 is 2.37 bits per heavy atom. The number of nitrogens with zero attached hydrogens (tertiary/aromatic N) is 1. The molecule has 4 nitrogen and oxygen atoms in total. The highest BCUT2D eigenvalue weighted by molar-refractivity contribution is 5.91. The predicted octanol–water partition coefficient (Wildman–Crippen LogP) is 2.22. The van der Waals surface area contributed by atoms with Gasteiger partial charge in [-0.2, -0.15) is 0 Å². The molecule has 1 amide bonds. The molecule has 0 aromatic carbocycles. The van der Waals surface area contributed by atoms with E-state index in [-0.39, 0.29) is 5.91 Å². The van der Waals surface area contributed by atoms with Gasteiger partial charge in [0.2, 0.25) is 0 Å². The first-order valence-electron chi connectivity index (χ1n) is 7.18. The van der Waals surface area contributed by atoms with Gasteiger partial charge in [-0.3, -0.25) is 4.79 Å². The molecule has 106 valence electrons. The first kappa shape index (κ1) is 14.1. The fraction of sp³-hybridized carbons (Fsp3) is 0.667. The summed E-state index contributed by atoms with van der Waals surface area (Å²) in [4.78, 5) is 14.4. The largest absolute Gasteiger partial charge is 0.456 e. The Labute approximate surface area is 115 Å². The number of amides is 1. The minimum atomic E-state index is 0.0450. The molecule has 0 saturated carbocycles. The van der Waals surface area contributed by atoms with Crippen LogP contribution in [0.5, 0.6) is 0 Å². The van der Waals surface area contributed by atoms with Crippen molar-refractivity contribution in [3.8, 4) is 0 Å². The quantitative estimate of drug-likeness (QED) is 0.907. The third-order valence-electron chi connectivity index (χ3n) is 3.85. The summed E-state index contributed by atoms with van der Waals surface area (Å²) in [7, 11) is 1.96. The van der Waals surface area contributed by atoms with E-state index in [0.29, 0.717) is 11.7 Å². The topological polar surface area (TPSA) is 45.5 Å². The zero-order valence-electron chi connectivity index (χ0n) is 12.2. The first-order valence-corrected chi connectivity index (χ1v) is 7.18. The van der Waals surface area contributed by atoms with Crippen LogP contribution in [0.4, 0.5) is 0 Å². The summed E-state index contributed by atoms with van der Waals surface area (Å²) >= 11 is 0. The van der Waals surface area contributed by atoms with Crippen LogP contribution in [0.3, 0.4) is 0 Å². The summed E-state index contributed by atoms with van der Waals surface area (Å²) in [6, 6.07) is 1.88. The van der Waals surface area contributed by atoms with Gasteiger partial charge in [0.15, 0.2) is 5.76 Å². The lowest BCUT2D eigenvalue weighted by molar-refractivity contribution is 0.0640. The van der Waals surface area contributed by atoms with Gasteiger partial charge in [-0.15, -0.1) is 0 Å². The molecule has 1 aliphatic heterocycles. The van der Waals surface area contributed by atoms with Crippen molar-refractivity contribution in [1.29, 1.82) is 0 Å². The lowest BCUT2D eigenvalue weighted by Gasteiger charge is -2.32. The monoisotopic (exact) mass is 264 g/mol. The summed E-state index contributed by atoms with van der Waals surface area (Å²) in [6.07, 6.45) is 3.11. The maximum atomic E-state index is 12.4. The van der Waals surface area contributed by atoms with Gasteiger partial charge in [-0.25, -0.2) is 0 Å². The van der Waals surface area contributed by atoms with Crippen LogP contribution in [0.1, 0.15) is 41.6 Å². The number of hydrogen-bond donors (Lipinski definition) is 1. The average Bonchev–Trinajstić information content (AvgIpc) is 2.80. The summed E-state index contributed by atoms with van der Waals surface area (Å²) in [6.45, 7) is 6.70. The Morgan fingerprint density at radius 3 is 3.00 bits per heavy atom. The molecule has 0 aliphatic carbocycles. The third-order valence-corrected chi connectivity index (χ3v) is 3.85. The van der Waals surface area contributed by atoms with Crippen LogP contribution < -0.4 is 5.32 Å². The molecule has 2 heterocycles. The van der Waals surface area contributed by atoms with E-state index >= 15 is 0 Å². The molecule has 1 atom stereocenters. The van der Waals surface area contributed by atoms with Crippen LogP contribution in [0.15, 0.2) is 10.5 Å². The van der Waals surface area contributed by atoms with Gasteiger partial charge in [0, 0.05) is 19.5 Å². The standard InChI is InChI=1S/C15H24N2O2/c1-4-13-11(2)8-14(19-13)15(18)17-7-5-6-12(10-17)9-16-3/h8,12,16H,4-7,9-10H2,1-3H3/t12-/m0/s1. The number of nitrogens with one attached hydrogen (secondary N) is 1. The van der Waals surface area contributed by atoms with Crippen LogP contribution >= 0.6 is 0 Å². The van der Waals surface area contributed by atoms with Crippen molar-refractivity contribution in [3.05, 3.63) is 23.2 Å². The highest BCUT2D eigenvalue weighted by Gasteiger charge is 2.26. The summed E-state index contributed by atoms with van der Waals surface area (Å²) in [5.74, 6) is 2.03. The van der Waals surface area contributed by atoms with Crippen molar-refractivity contribution < 1.29 is 9.21 Å². The molecule has 0 radical (unpaired) electrons. The highest BCUT2D eigenvalue weighted by atomic mass is 16.4. The molecule has 0 unspecified atom stereocenters. The second kappa shape index (κ2) is 6.24. The molecule has 4 heteroatoms. The molecule has 1 aliphatic rings. The average molecular weight is 264 g/mol. The Balaban J connectivity index is 2.05. The molecule has 2 rings (SSSR count). The Bertz CT molecular complexity index is 437. The first-order chi connectivity index (χ1) is 9.15. The van der Waals surface area contributed by atoms with E-state index in [1.54, 1.807) is 0 Å². The second-order valence-corrected chi connectivity index (χ2v) is 5.39. The van der Waals surface area contributed by atoms with Crippen molar-refractivity contribution >= 4 is 5.91 Å². The number of furan rings is 1.